The third kappa shape index (κ3) is 4.76. The first kappa shape index (κ1) is 22.7. The van der Waals surface area contributed by atoms with Crippen LogP contribution in [0.25, 0.3) is 10.9 Å². The first-order valence-electron chi connectivity index (χ1n) is 11.7. The molecule has 0 unspecified atom stereocenters. The Morgan fingerprint density at radius 3 is 2.66 bits per heavy atom. The molecule has 0 bridgehead atoms. The van der Waals surface area contributed by atoms with Gasteiger partial charge in [0.1, 0.15) is 5.69 Å². The van der Waals surface area contributed by atoms with Crippen LogP contribution in [0.1, 0.15) is 37.5 Å². The summed E-state index contributed by atoms with van der Waals surface area (Å²) in [5.41, 5.74) is 12.8. The molecule has 4 N–H and O–H groups in total. The summed E-state index contributed by atoms with van der Waals surface area (Å²) in [6.45, 7) is 2.25. The van der Waals surface area contributed by atoms with E-state index in [2.05, 4.69) is 34.7 Å². The van der Waals surface area contributed by atoms with Crippen LogP contribution in [0.5, 0.6) is 0 Å². The maximum Gasteiger partial charge on any atom is 0.268 e. The molecule has 2 amide bonds. The highest BCUT2D eigenvalue weighted by Crippen LogP contribution is 2.23. The van der Waals surface area contributed by atoms with Crippen LogP contribution < -0.4 is 16.4 Å². The molecule has 1 aromatic heterocycles. The Morgan fingerprint density at radius 2 is 1.80 bits per heavy atom. The van der Waals surface area contributed by atoms with Crippen LogP contribution in [-0.4, -0.2) is 34.9 Å². The third-order valence-electron chi connectivity index (χ3n) is 6.61. The smallest absolute Gasteiger partial charge is 0.268 e. The summed E-state index contributed by atoms with van der Waals surface area (Å²) in [7, 11) is 3.95. The van der Waals surface area contributed by atoms with Crippen molar-refractivity contribution in [1.29, 1.82) is 0 Å². The molecule has 0 saturated carbocycles. The Kier molecular flexibility index (Phi) is 6.01. The van der Waals surface area contributed by atoms with E-state index in [1.54, 1.807) is 6.07 Å². The molecule has 1 aliphatic rings. The van der Waals surface area contributed by atoms with Gasteiger partial charge in [-0.25, -0.2) is 0 Å². The van der Waals surface area contributed by atoms with Crippen molar-refractivity contribution in [2.24, 2.45) is 7.05 Å². The molecule has 7 nitrogen and oxygen atoms in total. The standard InChI is InChI=1S/C28H29N5O2/c1-32-11-10-19-7-9-24(13-22(19)17-32)31-27(34)21-5-3-4-18(12-21)16-30-28(35)26-14-20-6-8-23(29)15-25(20)33(26)2/h3-9,12-15H,10-11,16-17,29H2,1-2H3,(H,30,35)(H,31,34). The van der Waals surface area contributed by atoms with Gasteiger partial charge in [0.05, 0.1) is 5.52 Å². The number of carbonyl (C=O) groups excluding carboxylic acids is 2. The molecule has 0 aliphatic carbocycles. The van der Waals surface area contributed by atoms with Crippen LogP contribution in [-0.2, 0) is 26.6 Å². The van der Waals surface area contributed by atoms with E-state index in [9.17, 15) is 9.59 Å². The maximum atomic E-state index is 12.9. The van der Waals surface area contributed by atoms with E-state index in [1.165, 1.54) is 11.1 Å². The number of aromatic nitrogens is 1. The van der Waals surface area contributed by atoms with Gasteiger partial charge in [0.15, 0.2) is 0 Å². The number of nitrogens with one attached hydrogen (secondary N) is 2. The summed E-state index contributed by atoms with van der Waals surface area (Å²) in [4.78, 5) is 28.0. The molecule has 0 saturated heterocycles. The average molecular weight is 468 g/mol. The Balaban J connectivity index is 1.25. The van der Waals surface area contributed by atoms with Crippen molar-refractivity contribution in [1.82, 2.24) is 14.8 Å². The normalized spacial score (nSPS) is 13.4. The molecule has 3 aromatic carbocycles. The lowest BCUT2D eigenvalue weighted by molar-refractivity contribution is 0.0942. The first-order chi connectivity index (χ1) is 16.9. The molecule has 5 rings (SSSR count). The fourth-order valence-corrected chi connectivity index (χ4v) is 4.64. The number of rotatable bonds is 5. The minimum atomic E-state index is -0.184. The van der Waals surface area contributed by atoms with Gasteiger partial charge in [-0.3, -0.25) is 9.59 Å². The van der Waals surface area contributed by atoms with Crippen molar-refractivity contribution in [3.8, 4) is 0 Å². The second kappa shape index (κ2) is 9.27. The number of carbonyl (C=O) groups is 2. The first-order valence-corrected chi connectivity index (χ1v) is 11.7. The monoisotopic (exact) mass is 467 g/mol. The van der Waals surface area contributed by atoms with Gasteiger partial charge < -0.3 is 25.8 Å². The van der Waals surface area contributed by atoms with Crippen molar-refractivity contribution >= 4 is 34.1 Å². The van der Waals surface area contributed by atoms with Crippen molar-refractivity contribution < 1.29 is 9.59 Å². The Hall–Kier alpha value is -4.10. The maximum absolute atomic E-state index is 12.9. The molecular weight excluding hydrogens is 438 g/mol. The highest BCUT2D eigenvalue weighted by molar-refractivity contribution is 6.04. The number of benzene rings is 3. The molecule has 7 heteroatoms. The molecule has 0 fully saturated rings. The van der Waals surface area contributed by atoms with Crippen LogP contribution in [0.2, 0.25) is 0 Å². The Labute approximate surface area is 204 Å². The van der Waals surface area contributed by atoms with Crippen LogP contribution in [0, 0.1) is 0 Å². The van der Waals surface area contributed by atoms with E-state index in [4.69, 9.17) is 5.73 Å². The van der Waals surface area contributed by atoms with Crippen molar-refractivity contribution in [3.05, 3.63) is 94.7 Å². The highest BCUT2D eigenvalue weighted by Gasteiger charge is 2.16. The molecule has 4 aromatic rings. The predicted octanol–water partition coefficient (Wildman–Crippen LogP) is 3.93. The van der Waals surface area contributed by atoms with E-state index in [0.29, 0.717) is 23.5 Å². The fourth-order valence-electron chi connectivity index (χ4n) is 4.64. The highest BCUT2D eigenvalue weighted by atomic mass is 16.2. The molecule has 35 heavy (non-hydrogen) atoms. The van der Waals surface area contributed by atoms with Gasteiger partial charge in [-0.1, -0.05) is 24.3 Å². The van der Waals surface area contributed by atoms with Gasteiger partial charge in [0, 0.05) is 49.0 Å². The number of hydrogen-bond donors (Lipinski definition) is 3. The van der Waals surface area contributed by atoms with Gasteiger partial charge in [0.25, 0.3) is 11.8 Å². The van der Waals surface area contributed by atoms with E-state index in [-0.39, 0.29) is 11.8 Å². The van der Waals surface area contributed by atoms with Crippen LogP contribution in [0.15, 0.2) is 66.7 Å². The summed E-state index contributed by atoms with van der Waals surface area (Å²) >= 11 is 0. The van der Waals surface area contributed by atoms with E-state index in [0.717, 1.165) is 41.7 Å². The fraction of sp³-hybridized carbons (Fsp3) is 0.214. The number of hydrogen-bond acceptors (Lipinski definition) is 4. The minimum absolute atomic E-state index is 0.173. The largest absolute Gasteiger partial charge is 0.399 e. The number of nitrogens with two attached hydrogens (primary N) is 1. The SMILES string of the molecule is CN1CCc2ccc(NC(=O)c3cccc(CNC(=O)c4cc5ccc(N)cc5n4C)c3)cc2C1. The van der Waals surface area contributed by atoms with Crippen molar-refractivity contribution in [2.45, 2.75) is 19.5 Å². The summed E-state index contributed by atoms with van der Waals surface area (Å²) in [6.07, 6.45) is 1.03. The Bertz CT molecular complexity index is 1440. The number of nitrogens with zero attached hydrogens (tertiary/aromatic N) is 2. The van der Waals surface area contributed by atoms with Gasteiger partial charge in [-0.05, 0) is 72.6 Å². The zero-order valence-corrected chi connectivity index (χ0v) is 20.0. The van der Waals surface area contributed by atoms with E-state index < -0.39 is 0 Å². The number of nitrogen functional groups attached to an aromatic ring is 1. The summed E-state index contributed by atoms with van der Waals surface area (Å²) in [5, 5.41) is 6.93. The molecule has 0 atom stereocenters. The van der Waals surface area contributed by atoms with Gasteiger partial charge in [-0.15, -0.1) is 0 Å². The van der Waals surface area contributed by atoms with Crippen molar-refractivity contribution in [2.75, 3.05) is 24.6 Å². The zero-order valence-electron chi connectivity index (χ0n) is 20.0. The van der Waals surface area contributed by atoms with Gasteiger partial charge in [0.2, 0.25) is 0 Å². The van der Waals surface area contributed by atoms with Gasteiger partial charge in [-0.2, -0.15) is 0 Å². The summed E-state index contributed by atoms with van der Waals surface area (Å²) in [6, 6.07) is 20.9. The van der Waals surface area contributed by atoms with Crippen LogP contribution in [0.4, 0.5) is 11.4 Å². The number of amides is 2. The second-order valence-electron chi connectivity index (χ2n) is 9.22. The molecule has 0 spiro atoms. The number of aryl methyl sites for hydroxylation is 1. The number of fused-ring (bicyclic) bond motifs is 2. The molecular formula is C28H29N5O2. The molecule has 178 valence electrons. The van der Waals surface area contributed by atoms with E-state index >= 15 is 0 Å². The molecule has 2 heterocycles. The number of anilines is 2. The molecule has 1 aliphatic heterocycles. The van der Waals surface area contributed by atoms with Gasteiger partial charge >= 0.3 is 0 Å². The Morgan fingerprint density at radius 1 is 0.943 bits per heavy atom. The summed E-state index contributed by atoms with van der Waals surface area (Å²) < 4.78 is 1.83. The number of likely N-dealkylation sites (N-methyl/N-ethyl adjacent to an activating group) is 1. The lowest BCUT2D eigenvalue weighted by Gasteiger charge is -2.25. The lowest BCUT2D eigenvalue weighted by Crippen LogP contribution is -2.26. The molecule has 0 radical (unpaired) electrons. The third-order valence-corrected chi connectivity index (χ3v) is 6.61. The quantitative estimate of drug-likeness (QED) is 0.388. The predicted molar refractivity (Wildman–Crippen MR) is 139 cm³/mol. The zero-order chi connectivity index (χ0) is 24.5. The van der Waals surface area contributed by atoms with E-state index in [1.807, 2.05) is 60.1 Å². The van der Waals surface area contributed by atoms with Crippen molar-refractivity contribution in [3.63, 3.8) is 0 Å². The topological polar surface area (TPSA) is 92.4 Å². The minimum Gasteiger partial charge on any atom is -0.399 e. The second-order valence-corrected chi connectivity index (χ2v) is 9.22. The summed E-state index contributed by atoms with van der Waals surface area (Å²) in [5.74, 6) is -0.357. The lowest BCUT2D eigenvalue weighted by atomic mass is 9.99. The van der Waals surface area contributed by atoms with Crippen LogP contribution in [0.3, 0.4) is 0 Å². The average Bonchev–Trinajstić information content (AvgIpc) is 3.18. The van der Waals surface area contributed by atoms with Crippen LogP contribution >= 0.6 is 0 Å².